The lowest BCUT2D eigenvalue weighted by Gasteiger charge is -2.10. The number of rotatable bonds is 4. The second kappa shape index (κ2) is 6.37. The van der Waals surface area contributed by atoms with Crippen molar-refractivity contribution in [2.45, 2.75) is 19.4 Å². The molecular weight excluding hydrogens is 328 g/mol. The summed E-state index contributed by atoms with van der Waals surface area (Å²) in [4.78, 5) is 4.29. The summed E-state index contributed by atoms with van der Waals surface area (Å²) in [5, 5.41) is 0.553. The molecule has 2 aromatic rings. The molecule has 0 aliphatic heterocycles. The van der Waals surface area contributed by atoms with E-state index in [1.54, 1.807) is 12.3 Å². The molecule has 2 rings (SSSR count). The van der Waals surface area contributed by atoms with Crippen molar-refractivity contribution in [2.75, 3.05) is 0 Å². The average Bonchev–Trinajstić information content (AvgIpc) is 2.43. The molecule has 0 amide bonds. The van der Waals surface area contributed by atoms with Crippen LogP contribution < -0.4 is 10.5 Å². The van der Waals surface area contributed by atoms with Crippen molar-refractivity contribution in [3.05, 3.63) is 51.7 Å². The fourth-order valence-electron chi connectivity index (χ4n) is 1.56. The van der Waals surface area contributed by atoms with Crippen LogP contribution in [0.3, 0.4) is 0 Å². The maximum Gasteiger partial charge on any atom is 0.147 e. The molecule has 0 unspecified atom stereocenters. The van der Waals surface area contributed by atoms with Gasteiger partial charge in [-0.25, -0.2) is 0 Å². The minimum absolute atomic E-state index is 0.0384. The van der Waals surface area contributed by atoms with E-state index in [4.69, 9.17) is 22.1 Å². The third-order valence-corrected chi connectivity index (χ3v) is 3.51. The van der Waals surface area contributed by atoms with Crippen LogP contribution in [0.2, 0.25) is 5.02 Å². The third kappa shape index (κ3) is 3.69. The predicted molar refractivity (Wildman–Crippen MR) is 80.7 cm³/mol. The number of halogens is 2. The van der Waals surface area contributed by atoms with Crippen LogP contribution in [0.25, 0.3) is 0 Å². The van der Waals surface area contributed by atoms with Crippen LogP contribution in [0.1, 0.15) is 25.1 Å². The number of nitrogens with two attached hydrogens (primary N) is 1. The molecule has 1 aromatic carbocycles. The quantitative estimate of drug-likeness (QED) is 0.877. The van der Waals surface area contributed by atoms with Crippen LogP contribution in [-0.4, -0.2) is 4.98 Å². The number of nitrogens with zero attached hydrogens (tertiary/aromatic N) is 1. The molecule has 2 N–H and O–H groups in total. The summed E-state index contributed by atoms with van der Waals surface area (Å²) in [6.07, 6.45) is 2.51. The summed E-state index contributed by atoms with van der Waals surface area (Å²) in [6, 6.07) is 9.12. The first-order valence-corrected chi connectivity index (χ1v) is 7.11. The molecule has 3 nitrogen and oxygen atoms in total. The highest BCUT2D eigenvalue weighted by molar-refractivity contribution is 9.10. The summed E-state index contributed by atoms with van der Waals surface area (Å²) < 4.78 is 6.60. The highest BCUT2D eigenvalue weighted by atomic mass is 79.9. The van der Waals surface area contributed by atoms with Gasteiger partial charge in [0.05, 0.1) is 16.9 Å². The van der Waals surface area contributed by atoms with Crippen LogP contribution in [0.4, 0.5) is 0 Å². The maximum absolute atomic E-state index is 6.06. The van der Waals surface area contributed by atoms with E-state index in [9.17, 15) is 0 Å². The van der Waals surface area contributed by atoms with E-state index in [-0.39, 0.29) is 6.04 Å². The largest absolute Gasteiger partial charge is 0.454 e. The molecule has 0 saturated carbocycles. The number of benzene rings is 1. The van der Waals surface area contributed by atoms with Crippen LogP contribution in [0.15, 0.2) is 41.0 Å². The molecular formula is C14H14BrClN2O. The van der Waals surface area contributed by atoms with Crippen LogP contribution >= 0.6 is 27.5 Å². The molecule has 0 fully saturated rings. The number of pyridine rings is 1. The van der Waals surface area contributed by atoms with E-state index in [2.05, 4.69) is 20.9 Å². The second-order valence-electron chi connectivity index (χ2n) is 4.11. The normalized spacial score (nSPS) is 12.2. The van der Waals surface area contributed by atoms with Gasteiger partial charge < -0.3 is 10.5 Å². The van der Waals surface area contributed by atoms with E-state index in [0.29, 0.717) is 16.5 Å². The fraction of sp³-hybridized carbons (Fsp3) is 0.214. The Bertz CT molecular complexity index is 560. The van der Waals surface area contributed by atoms with Gasteiger partial charge in [-0.15, -0.1) is 0 Å². The lowest BCUT2D eigenvalue weighted by molar-refractivity contribution is 0.479. The Morgan fingerprint density at radius 2 is 2.16 bits per heavy atom. The fourth-order valence-corrected chi connectivity index (χ4v) is 2.06. The SMILES string of the molecule is CC[C@@H](N)c1ccc(Oc2cc(Br)ccc2Cl)cn1. The summed E-state index contributed by atoms with van der Waals surface area (Å²) in [5.74, 6) is 1.22. The number of aromatic nitrogens is 1. The van der Waals surface area contributed by atoms with Crippen molar-refractivity contribution in [3.8, 4) is 11.5 Å². The Labute approximate surface area is 125 Å². The molecule has 1 atom stereocenters. The van der Waals surface area contributed by atoms with Gasteiger partial charge in [0.2, 0.25) is 0 Å². The van der Waals surface area contributed by atoms with Gasteiger partial charge >= 0.3 is 0 Å². The lowest BCUT2D eigenvalue weighted by Crippen LogP contribution is -2.10. The first kappa shape index (κ1) is 14.3. The van der Waals surface area contributed by atoms with Crippen molar-refractivity contribution in [1.82, 2.24) is 4.98 Å². The molecule has 0 bridgehead atoms. The zero-order valence-corrected chi connectivity index (χ0v) is 12.8. The minimum Gasteiger partial charge on any atom is -0.454 e. The Hall–Kier alpha value is -1.10. The number of ether oxygens (including phenoxy) is 1. The minimum atomic E-state index is -0.0384. The molecule has 0 radical (unpaired) electrons. The molecule has 19 heavy (non-hydrogen) atoms. The monoisotopic (exact) mass is 340 g/mol. The zero-order valence-electron chi connectivity index (χ0n) is 10.4. The van der Waals surface area contributed by atoms with E-state index in [1.165, 1.54) is 0 Å². The van der Waals surface area contributed by atoms with E-state index in [1.807, 2.05) is 31.2 Å². The topological polar surface area (TPSA) is 48.1 Å². The van der Waals surface area contributed by atoms with Gasteiger partial charge in [-0.3, -0.25) is 4.98 Å². The standard InChI is InChI=1S/C14H14BrClN2O/c1-2-12(17)13-6-4-10(8-18-13)19-14-7-9(15)3-5-11(14)16/h3-8,12H,2,17H2,1H3/t12-/m1/s1. The molecule has 100 valence electrons. The van der Waals surface area contributed by atoms with E-state index in [0.717, 1.165) is 16.6 Å². The summed E-state index contributed by atoms with van der Waals surface area (Å²) in [5.41, 5.74) is 6.77. The van der Waals surface area contributed by atoms with Gasteiger partial charge in [-0.2, -0.15) is 0 Å². The van der Waals surface area contributed by atoms with Crippen molar-refractivity contribution in [1.29, 1.82) is 0 Å². The Morgan fingerprint density at radius 3 is 2.79 bits per heavy atom. The Morgan fingerprint density at radius 1 is 1.37 bits per heavy atom. The summed E-state index contributed by atoms with van der Waals surface area (Å²) >= 11 is 9.44. The van der Waals surface area contributed by atoms with Gasteiger partial charge in [-0.05, 0) is 36.8 Å². The highest BCUT2D eigenvalue weighted by Gasteiger charge is 2.07. The number of hydrogen-bond acceptors (Lipinski definition) is 3. The lowest BCUT2D eigenvalue weighted by atomic mass is 10.1. The molecule has 5 heteroatoms. The van der Waals surface area contributed by atoms with Crippen LogP contribution in [-0.2, 0) is 0 Å². The first-order valence-electron chi connectivity index (χ1n) is 5.94. The van der Waals surface area contributed by atoms with Gasteiger partial charge in [0, 0.05) is 10.5 Å². The highest BCUT2D eigenvalue weighted by Crippen LogP contribution is 2.31. The van der Waals surface area contributed by atoms with Gasteiger partial charge in [0.15, 0.2) is 0 Å². The summed E-state index contributed by atoms with van der Waals surface area (Å²) in [7, 11) is 0. The third-order valence-electron chi connectivity index (χ3n) is 2.70. The van der Waals surface area contributed by atoms with Gasteiger partial charge in [0.1, 0.15) is 11.5 Å². The molecule has 0 aliphatic rings. The molecule has 1 aromatic heterocycles. The molecule has 0 aliphatic carbocycles. The first-order chi connectivity index (χ1) is 9.10. The maximum atomic E-state index is 6.06. The van der Waals surface area contributed by atoms with Crippen molar-refractivity contribution in [2.24, 2.45) is 5.73 Å². The molecule has 0 spiro atoms. The van der Waals surface area contributed by atoms with Crippen molar-refractivity contribution < 1.29 is 4.74 Å². The van der Waals surface area contributed by atoms with Gasteiger partial charge in [-0.1, -0.05) is 34.5 Å². The smallest absolute Gasteiger partial charge is 0.147 e. The van der Waals surface area contributed by atoms with E-state index >= 15 is 0 Å². The molecule has 0 saturated heterocycles. The number of hydrogen-bond donors (Lipinski definition) is 1. The predicted octanol–water partition coefficient (Wildman–Crippen LogP) is 4.70. The average molecular weight is 342 g/mol. The Kier molecular flexibility index (Phi) is 4.80. The second-order valence-corrected chi connectivity index (χ2v) is 5.43. The summed E-state index contributed by atoms with van der Waals surface area (Å²) in [6.45, 7) is 2.03. The van der Waals surface area contributed by atoms with Crippen molar-refractivity contribution >= 4 is 27.5 Å². The van der Waals surface area contributed by atoms with Crippen molar-refractivity contribution in [3.63, 3.8) is 0 Å². The molecule has 1 heterocycles. The van der Waals surface area contributed by atoms with Gasteiger partial charge in [0.25, 0.3) is 0 Å². The Balaban J connectivity index is 2.17. The van der Waals surface area contributed by atoms with E-state index < -0.39 is 0 Å². The van der Waals surface area contributed by atoms with Crippen LogP contribution in [0, 0.1) is 0 Å². The van der Waals surface area contributed by atoms with Crippen LogP contribution in [0.5, 0.6) is 11.5 Å². The zero-order chi connectivity index (χ0) is 13.8.